The molecule has 0 radical (unpaired) electrons. The smallest absolute Gasteiger partial charge is 0.221 e. The topological polar surface area (TPSA) is 63.2 Å². The third kappa shape index (κ3) is 4.72. The van der Waals surface area contributed by atoms with Gasteiger partial charge >= 0.3 is 0 Å². The van der Waals surface area contributed by atoms with Gasteiger partial charge in [-0.05, 0) is 36.2 Å². The highest BCUT2D eigenvalue weighted by Gasteiger charge is 2.04. The molecular formula is C21H23N3O2. The molecule has 134 valence electrons. The van der Waals surface area contributed by atoms with Crippen LogP contribution in [-0.2, 0) is 11.2 Å². The predicted molar refractivity (Wildman–Crippen MR) is 105 cm³/mol. The van der Waals surface area contributed by atoms with Crippen LogP contribution in [0.25, 0.3) is 10.9 Å². The molecule has 26 heavy (non-hydrogen) atoms. The summed E-state index contributed by atoms with van der Waals surface area (Å²) < 4.78 is 5.14. The summed E-state index contributed by atoms with van der Waals surface area (Å²) in [5.74, 6) is 0.881. The zero-order valence-corrected chi connectivity index (χ0v) is 14.9. The quantitative estimate of drug-likeness (QED) is 0.654. The minimum absolute atomic E-state index is 0.0409. The van der Waals surface area contributed by atoms with E-state index in [4.69, 9.17) is 4.74 Å². The number of rotatable bonds is 8. The Labute approximate surface area is 153 Å². The normalized spacial score (nSPS) is 10.5. The number of anilines is 1. The van der Waals surface area contributed by atoms with Crippen LogP contribution in [0.5, 0.6) is 5.75 Å². The maximum absolute atomic E-state index is 12.0. The Bertz CT molecular complexity index is 857. The Kier molecular flexibility index (Phi) is 6.04. The molecule has 0 aliphatic carbocycles. The average Bonchev–Trinajstić information content (AvgIpc) is 2.69. The average molecular weight is 349 g/mol. The highest BCUT2D eigenvalue weighted by molar-refractivity contribution is 5.90. The summed E-state index contributed by atoms with van der Waals surface area (Å²) in [6, 6.07) is 17.8. The van der Waals surface area contributed by atoms with Crippen molar-refractivity contribution in [2.24, 2.45) is 0 Å². The van der Waals surface area contributed by atoms with Crippen LogP contribution in [-0.4, -0.2) is 31.1 Å². The van der Waals surface area contributed by atoms with E-state index >= 15 is 0 Å². The van der Waals surface area contributed by atoms with Crippen LogP contribution in [0, 0.1) is 0 Å². The predicted octanol–water partition coefficient (Wildman–Crippen LogP) is 3.40. The lowest BCUT2D eigenvalue weighted by atomic mass is 10.1. The number of methoxy groups -OCH3 is 1. The molecule has 1 amide bonds. The lowest BCUT2D eigenvalue weighted by Crippen LogP contribution is -2.27. The lowest BCUT2D eigenvalue weighted by molar-refractivity contribution is -0.120. The number of carbonyl (C=O) groups is 1. The molecule has 5 heteroatoms. The summed E-state index contributed by atoms with van der Waals surface area (Å²) in [4.78, 5) is 16.4. The maximum atomic E-state index is 12.0. The largest absolute Gasteiger partial charge is 0.497 e. The van der Waals surface area contributed by atoms with Crippen molar-refractivity contribution in [3.8, 4) is 5.75 Å². The molecule has 5 nitrogen and oxygen atoms in total. The van der Waals surface area contributed by atoms with Crippen LogP contribution >= 0.6 is 0 Å². The van der Waals surface area contributed by atoms with E-state index in [0.29, 0.717) is 19.5 Å². The van der Waals surface area contributed by atoms with Crippen molar-refractivity contribution < 1.29 is 9.53 Å². The van der Waals surface area contributed by atoms with Crippen LogP contribution in [0.15, 0.2) is 60.8 Å². The molecule has 0 spiro atoms. The van der Waals surface area contributed by atoms with Gasteiger partial charge in [0.05, 0.1) is 18.3 Å². The number of nitrogens with zero attached hydrogens (tertiary/aromatic N) is 1. The molecule has 0 bridgehead atoms. The molecule has 0 fully saturated rings. The van der Waals surface area contributed by atoms with Crippen LogP contribution in [0.4, 0.5) is 5.69 Å². The summed E-state index contributed by atoms with van der Waals surface area (Å²) in [6.07, 6.45) is 3.00. The first-order chi connectivity index (χ1) is 12.8. The highest BCUT2D eigenvalue weighted by atomic mass is 16.5. The van der Waals surface area contributed by atoms with E-state index in [1.54, 1.807) is 13.3 Å². The molecule has 0 unspecified atom stereocenters. The molecule has 0 aliphatic rings. The zero-order chi connectivity index (χ0) is 18.2. The van der Waals surface area contributed by atoms with E-state index in [-0.39, 0.29) is 5.91 Å². The highest BCUT2D eigenvalue weighted by Crippen LogP contribution is 2.20. The number of aromatic nitrogens is 1. The van der Waals surface area contributed by atoms with Gasteiger partial charge in [0.2, 0.25) is 5.91 Å². The third-order valence-corrected chi connectivity index (χ3v) is 4.20. The number of fused-ring (bicyclic) bond motifs is 1. The van der Waals surface area contributed by atoms with Crippen molar-refractivity contribution in [2.45, 2.75) is 12.8 Å². The lowest BCUT2D eigenvalue weighted by Gasteiger charge is -2.09. The molecule has 3 aromatic rings. The first kappa shape index (κ1) is 17.7. The zero-order valence-electron chi connectivity index (χ0n) is 14.9. The summed E-state index contributed by atoms with van der Waals surface area (Å²) >= 11 is 0. The molecule has 2 aromatic carbocycles. The molecular weight excluding hydrogens is 326 g/mol. The first-order valence-corrected chi connectivity index (χ1v) is 8.73. The number of hydrogen-bond donors (Lipinski definition) is 2. The van der Waals surface area contributed by atoms with Crippen LogP contribution in [0.3, 0.4) is 0 Å². The Balaban J connectivity index is 1.41. The van der Waals surface area contributed by atoms with Gasteiger partial charge in [0.15, 0.2) is 0 Å². The number of hydrogen-bond acceptors (Lipinski definition) is 4. The van der Waals surface area contributed by atoms with Gasteiger partial charge in [-0.1, -0.05) is 30.3 Å². The third-order valence-electron chi connectivity index (χ3n) is 4.20. The summed E-state index contributed by atoms with van der Waals surface area (Å²) in [7, 11) is 1.65. The summed E-state index contributed by atoms with van der Waals surface area (Å²) in [6.45, 7) is 1.20. The number of carbonyl (C=O) groups excluding carboxylic acids is 1. The molecule has 0 aliphatic heterocycles. The van der Waals surface area contributed by atoms with E-state index in [0.717, 1.165) is 28.8 Å². The van der Waals surface area contributed by atoms with Crippen molar-refractivity contribution in [2.75, 3.05) is 25.5 Å². The Morgan fingerprint density at radius 2 is 1.85 bits per heavy atom. The van der Waals surface area contributed by atoms with Crippen molar-refractivity contribution in [1.82, 2.24) is 10.3 Å². The number of pyridine rings is 1. The van der Waals surface area contributed by atoms with E-state index in [9.17, 15) is 4.79 Å². The molecule has 1 heterocycles. The van der Waals surface area contributed by atoms with Gasteiger partial charge in [0.1, 0.15) is 5.75 Å². The fourth-order valence-corrected chi connectivity index (χ4v) is 2.78. The van der Waals surface area contributed by atoms with Crippen molar-refractivity contribution >= 4 is 22.5 Å². The number of para-hydroxylation sites is 1. The standard InChI is InChI=1S/C21H23N3O2/c1-26-18-9-7-16(8-10-18)11-14-23-20(25)12-15-22-19-6-2-4-17-5-3-13-24-21(17)19/h2-10,13,22H,11-12,14-15H2,1H3,(H,23,25). The van der Waals surface area contributed by atoms with E-state index < -0.39 is 0 Å². The van der Waals surface area contributed by atoms with Crippen molar-refractivity contribution in [1.29, 1.82) is 0 Å². The number of nitrogens with one attached hydrogen (secondary N) is 2. The summed E-state index contributed by atoms with van der Waals surface area (Å²) in [5, 5.41) is 7.34. The maximum Gasteiger partial charge on any atom is 0.221 e. The first-order valence-electron chi connectivity index (χ1n) is 8.73. The number of ether oxygens (including phenoxy) is 1. The van der Waals surface area contributed by atoms with E-state index in [1.807, 2.05) is 54.6 Å². The van der Waals surface area contributed by atoms with Crippen LogP contribution < -0.4 is 15.4 Å². The minimum atomic E-state index is 0.0409. The van der Waals surface area contributed by atoms with E-state index in [2.05, 4.69) is 15.6 Å². The van der Waals surface area contributed by atoms with Crippen LogP contribution in [0.2, 0.25) is 0 Å². The number of benzene rings is 2. The van der Waals surface area contributed by atoms with Gasteiger partial charge in [-0.3, -0.25) is 9.78 Å². The summed E-state index contributed by atoms with van der Waals surface area (Å²) in [5.41, 5.74) is 3.05. The van der Waals surface area contributed by atoms with Crippen molar-refractivity contribution in [3.05, 3.63) is 66.4 Å². The monoisotopic (exact) mass is 349 g/mol. The van der Waals surface area contributed by atoms with Crippen LogP contribution in [0.1, 0.15) is 12.0 Å². The number of amides is 1. The second-order valence-corrected chi connectivity index (χ2v) is 6.01. The Morgan fingerprint density at radius 3 is 2.65 bits per heavy atom. The molecule has 0 atom stereocenters. The van der Waals surface area contributed by atoms with Gasteiger partial charge < -0.3 is 15.4 Å². The van der Waals surface area contributed by atoms with Gasteiger partial charge in [0.25, 0.3) is 0 Å². The fourth-order valence-electron chi connectivity index (χ4n) is 2.78. The Hall–Kier alpha value is -3.08. The minimum Gasteiger partial charge on any atom is -0.497 e. The molecule has 2 N–H and O–H groups in total. The second-order valence-electron chi connectivity index (χ2n) is 6.01. The van der Waals surface area contributed by atoms with Gasteiger partial charge in [-0.15, -0.1) is 0 Å². The molecule has 0 saturated heterocycles. The molecule has 0 saturated carbocycles. The SMILES string of the molecule is COc1ccc(CCNC(=O)CCNc2cccc3cccnc23)cc1. The van der Waals surface area contributed by atoms with Gasteiger partial charge in [-0.25, -0.2) is 0 Å². The van der Waals surface area contributed by atoms with Crippen molar-refractivity contribution in [3.63, 3.8) is 0 Å². The molecule has 1 aromatic heterocycles. The molecule has 3 rings (SSSR count). The van der Waals surface area contributed by atoms with E-state index in [1.165, 1.54) is 5.56 Å². The van der Waals surface area contributed by atoms with Gasteiger partial charge in [-0.2, -0.15) is 0 Å². The van der Waals surface area contributed by atoms with Gasteiger partial charge in [0, 0.05) is 31.1 Å². The second kappa shape index (κ2) is 8.85. The Morgan fingerprint density at radius 1 is 1.04 bits per heavy atom. The fraction of sp³-hybridized carbons (Fsp3) is 0.238.